The molecule has 2 aromatic carbocycles. The molecule has 2 rings (SSSR count). The van der Waals surface area contributed by atoms with E-state index < -0.39 is 16.4 Å². The number of benzene rings is 2. The fraction of sp³-hybridized carbons (Fsp3) is 0.222. The first kappa shape index (κ1) is 19.7. The lowest BCUT2D eigenvalue weighted by atomic mass is 10.1. The number of ether oxygens (including phenoxy) is 2. The fourth-order valence-corrected chi connectivity index (χ4v) is 2.24. The molecule has 0 atom stereocenters. The van der Waals surface area contributed by atoms with Crippen molar-refractivity contribution >= 4 is 17.8 Å². The van der Waals surface area contributed by atoms with Crippen molar-refractivity contribution < 1.29 is 24.3 Å². The highest BCUT2D eigenvalue weighted by Crippen LogP contribution is 2.36. The Bertz CT molecular complexity index is 849. The number of hydrogen-bond donors (Lipinski definition) is 2. The summed E-state index contributed by atoms with van der Waals surface area (Å²) in [5.74, 6) is -0.244. The van der Waals surface area contributed by atoms with Gasteiger partial charge in [-0.15, -0.1) is 0 Å². The number of hydrazone groups is 1. The van der Waals surface area contributed by atoms with Gasteiger partial charge in [0.25, 0.3) is 0 Å². The quantitative estimate of drug-likeness (QED) is 0.416. The van der Waals surface area contributed by atoms with Crippen molar-refractivity contribution in [3.05, 3.63) is 57.6 Å². The second-order valence-electron chi connectivity index (χ2n) is 5.39. The van der Waals surface area contributed by atoms with Crippen molar-refractivity contribution in [3.8, 4) is 17.2 Å². The minimum Gasteiger partial charge on any atom is -0.500 e. The smallest absolute Gasteiger partial charge is 0.315 e. The molecule has 142 valence electrons. The van der Waals surface area contributed by atoms with Crippen LogP contribution in [0.5, 0.6) is 17.2 Å². The first-order valence-electron chi connectivity index (χ1n) is 8.03. The fourth-order valence-electron chi connectivity index (χ4n) is 2.24. The van der Waals surface area contributed by atoms with Gasteiger partial charge < -0.3 is 14.6 Å². The van der Waals surface area contributed by atoms with E-state index in [1.54, 1.807) is 38.3 Å². The van der Waals surface area contributed by atoms with E-state index in [0.717, 1.165) is 11.6 Å². The average molecular weight is 373 g/mol. The van der Waals surface area contributed by atoms with Crippen LogP contribution < -0.4 is 14.9 Å². The van der Waals surface area contributed by atoms with Crippen LogP contribution in [0.3, 0.4) is 0 Å². The highest BCUT2D eigenvalue weighted by molar-refractivity contribution is 5.85. The molecule has 27 heavy (non-hydrogen) atoms. The molecule has 0 radical (unpaired) electrons. The minimum absolute atomic E-state index is 0.0299. The number of nitro benzene ring substituents is 1. The number of nitro groups is 1. The highest BCUT2D eigenvalue weighted by Gasteiger charge is 2.19. The SMILES string of the molecule is CCOc1cc(/C=N/NC(=O)Cc2ccc(OC)cc2)cc([N+](=O)[O-])c1O. The lowest BCUT2D eigenvalue weighted by Crippen LogP contribution is -2.19. The Morgan fingerprint density at radius 3 is 2.63 bits per heavy atom. The number of rotatable bonds is 8. The van der Waals surface area contributed by atoms with Crippen molar-refractivity contribution in [3.63, 3.8) is 0 Å². The molecular weight excluding hydrogens is 354 g/mol. The van der Waals surface area contributed by atoms with E-state index in [9.17, 15) is 20.0 Å². The number of methoxy groups -OCH3 is 1. The molecule has 0 heterocycles. The number of carbonyl (C=O) groups is 1. The van der Waals surface area contributed by atoms with Crippen molar-refractivity contribution in [2.75, 3.05) is 13.7 Å². The summed E-state index contributed by atoms with van der Waals surface area (Å²) < 4.78 is 10.2. The third-order valence-electron chi connectivity index (χ3n) is 3.50. The molecule has 0 unspecified atom stereocenters. The summed E-state index contributed by atoms with van der Waals surface area (Å²) in [6.45, 7) is 1.91. The summed E-state index contributed by atoms with van der Waals surface area (Å²) in [4.78, 5) is 22.2. The monoisotopic (exact) mass is 373 g/mol. The molecule has 1 amide bonds. The predicted molar refractivity (Wildman–Crippen MR) is 98.4 cm³/mol. The molecule has 9 nitrogen and oxygen atoms in total. The third-order valence-corrected chi connectivity index (χ3v) is 3.50. The van der Waals surface area contributed by atoms with E-state index in [-0.39, 0.29) is 24.7 Å². The van der Waals surface area contributed by atoms with Crippen LogP contribution in [0, 0.1) is 10.1 Å². The number of nitrogens with one attached hydrogen (secondary N) is 1. The van der Waals surface area contributed by atoms with Gasteiger partial charge in [-0.2, -0.15) is 5.10 Å². The molecule has 0 spiro atoms. The zero-order valence-electron chi connectivity index (χ0n) is 14.8. The van der Waals surface area contributed by atoms with Crippen molar-refractivity contribution in [2.45, 2.75) is 13.3 Å². The Kier molecular flexibility index (Phi) is 6.70. The van der Waals surface area contributed by atoms with E-state index in [1.807, 2.05) is 0 Å². The van der Waals surface area contributed by atoms with Crippen LogP contribution in [0.2, 0.25) is 0 Å². The Labute approximate surface area is 155 Å². The van der Waals surface area contributed by atoms with E-state index >= 15 is 0 Å². The second-order valence-corrected chi connectivity index (χ2v) is 5.39. The first-order valence-corrected chi connectivity index (χ1v) is 8.03. The van der Waals surface area contributed by atoms with Crippen molar-refractivity contribution in [2.24, 2.45) is 5.10 Å². The van der Waals surface area contributed by atoms with Gasteiger partial charge in [-0.1, -0.05) is 12.1 Å². The van der Waals surface area contributed by atoms with Gasteiger partial charge in [0.15, 0.2) is 5.75 Å². The summed E-state index contributed by atoms with van der Waals surface area (Å²) in [5, 5.41) is 24.7. The predicted octanol–water partition coefficient (Wildman–Crippen LogP) is 2.40. The lowest BCUT2D eigenvalue weighted by Gasteiger charge is -2.07. The summed E-state index contributed by atoms with van der Waals surface area (Å²) >= 11 is 0. The number of aromatic hydroxyl groups is 1. The molecule has 0 aliphatic heterocycles. The Morgan fingerprint density at radius 1 is 1.33 bits per heavy atom. The highest BCUT2D eigenvalue weighted by atomic mass is 16.6. The van der Waals surface area contributed by atoms with Crippen LogP contribution in [-0.4, -0.2) is 35.9 Å². The molecule has 0 fully saturated rings. The standard InChI is InChI=1S/C18H19N3O6/c1-3-27-16-9-13(8-15(18(16)23)21(24)25)11-19-20-17(22)10-12-4-6-14(26-2)7-5-12/h4-9,11,23H,3,10H2,1-2H3,(H,20,22)/b19-11+. The zero-order chi connectivity index (χ0) is 19.8. The van der Waals surface area contributed by atoms with Crippen molar-refractivity contribution in [1.82, 2.24) is 5.43 Å². The molecule has 2 aromatic rings. The normalized spacial score (nSPS) is 10.6. The van der Waals surface area contributed by atoms with Gasteiger partial charge in [0, 0.05) is 11.6 Å². The largest absolute Gasteiger partial charge is 0.500 e. The molecular formula is C18H19N3O6. The van der Waals surface area contributed by atoms with Gasteiger partial charge in [-0.25, -0.2) is 5.43 Å². The van der Waals surface area contributed by atoms with Gasteiger partial charge in [0.2, 0.25) is 11.7 Å². The maximum absolute atomic E-state index is 11.9. The van der Waals surface area contributed by atoms with Gasteiger partial charge in [-0.3, -0.25) is 14.9 Å². The molecule has 0 saturated heterocycles. The summed E-state index contributed by atoms with van der Waals surface area (Å²) in [6.07, 6.45) is 1.35. The molecule has 0 bridgehead atoms. The third kappa shape index (κ3) is 5.43. The van der Waals surface area contributed by atoms with Gasteiger partial charge >= 0.3 is 5.69 Å². The van der Waals surface area contributed by atoms with E-state index in [4.69, 9.17) is 9.47 Å². The molecule has 0 saturated carbocycles. The number of amides is 1. The first-order chi connectivity index (χ1) is 12.9. The summed E-state index contributed by atoms with van der Waals surface area (Å²) in [6, 6.07) is 9.55. The van der Waals surface area contributed by atoms with Crippen LogP contribution in [-0.2, 0) is 11.2 Å². The Hall–Kier alpha value is -3.62. The van der Waals surface area contributed by atoms with Crippen LogP contribution in [0.25, 0.3) is 0 Å². The molecule has 0 aromatic heterocycles. The Morgan fingerprint density at radius 2 is 2.04 bits per heavy atom. The van der Waals surface area contributed by atoms with Crippen LogP contribution in [0.1, 0.15) is 18.1 Å². The number of nitrogens with zero attached hydrogens (tertiary/aromatic N) is 2. The van der Waals surface area contributed by atoms with Crippen LogP contribution in [0.15, 0.2) is 41.5 Å². The minimum atomic E-state index is -0.725. The zero-order valence-corrected chi connectivity index (χ0v) is 14.8. The second kappa shape index (κ2) is 9.18. The number of hydrogen-bond acceptors (Lipinski definition) is 7. The number of phenolic OH excluding ortho intramolecular Hbond substituents is 1. The van der Waals surface area contributed by atoms with E-state index in [1.165, 1.54) is 12.3 Å². The van der Waals surface area contributed by atoms with Gasteiger partial charge in [0.05, 0.1) is 31.3 Å². The Balaban J connectivity index is 2.05. The molecule has 9 heteroatoms. The van der Waals surface area contributed by atoms with E-state index in [2.05, 4.69) is 10.5 Å². The topological polar surface area (TPSA) is 123 Å². The summed E-state index contributed by atoms with van der Waals surface area (Å²) in [5.41, 5.74) is 2.92. The van der Waals surface area contributed by atoms with Crippen molar-refractivity contribution in [1.29, 1.82) is 0 Å². The molecule has 0 aliphatic carbocycles. The summed E-state index contributed by atoms with van der Waals surface area (Å²) in [7, 11) is 1.56. The molecule has 0 aliphatic rings. The van der Waals surface area contributed by atoms with Gasteiger partial charge in [-0.05, 0) is 30.7 Å². The number of phenols is 1. The average Bonchev–Trinajstić information content (AvgIpc) is 2.64. The van der Waals surface area contributed by atoms with Crippen LogP contribution in [0.4, 0.5) is 5.69 Å². The maximum Gasteiger partial charge on any atom is 0.315 e. The van der Waals surface area contributed by atoms with E-state index in [0.29, 0.717) is 11.3 Å². The van der Waals surface area contributed by atoms with Crippen LogP contribution >= 0.6 is 0 Å². The number of carbonyl (C=O) groups excluding carboxylic acids is 1. The lowest BCUT2D eigenvalue weighted by molar-refractivity contribution is -0.386. The molecule has 2 N–H and O–H groups in total. The maximum atomic E-state index is 11.9. The van der Waals surface area contributed by atoms with Gasteiger partial charge in [0.1, 0.15) is 5.75 Å².